The molecule has 0 aliphatic heterocycles. The lowest BCUT2D eigenvalue weighted by Gasteiger charge is -2.31. The first-order valence-electron chi connectivity index (χ1n) is 21.4. The van der Waals surface area contributed by atoms with Crippen LogP contribution in [-0.4, -0.2) is 80.6 Å². The van der Waals surface area contributed by atoms with Gasteiger partial charge in [0.25, 0.3) is 0 Å². The lowest BCUT2D eigenvalue weighted by atomic mass is 10.1. The molecule has 0 rings (SSSR count). The summed E-state index contributed by atoms with van der Waals surface area (Å²) in [5.74, 6) is -1.52. The Morgan fingerprint density at radius 3 is 1.67 bits per heavy atom. The lowest BCUT2D eigenvalue weighted by molar-refractivity contribution is -0.887. The maximum Gasteiger partial charge on any atom is 0.362 e. The number of aliphatic carboxylic acids is 1. The molecular weight excluding hydrogens is 679 g/mol. The molecule has 0 aliphatic rings. The highest BCUT2D eigenvalue weighted by molar-refractivity contribution is 5.72. The van der Waals surface area contributed by atoms with Crippen LogP contribution in [0.15, 0.2) is 60.8 Å². The summed E-state index contributed by atoms with van der Waals surface area (Å²) in [5, 5.41) is 9.60. The van der Waals surface area contributed by atoms with Gasteiger partial charge in [-0.1, -0.05) is 139 Å². The Hall–Kier alpha value is -2.97. The van der Waals surface area contributed by atoms with E-state index in [2.05, 4.69) is 74.6 Å². The first kappa shape index (κ1) is 51.0. The number of unbranched alkanes of at least 4 members (excludes halogenated alkanes) is 15. The van der Waals surface area contributed by atoms with Crippen molar-refractivity contribution >= 4 is 17.9 Å². The number of carbonyl (C=O) groups is 3. The van der Waals surface area contributed by atoms with Crippen LogP contribution in [0.5, 0.6) is 0 Å². The van der Waals surface area contributed by atoms with Crippen molar-refractivity contribution in [1.29, 1.82) is 0 Å². The molecular formula is C46H80NO7+. The number of hydrogen-bond donors (Lipinski definition) is 1. The van der Waals surface area contributed by atoms with E-state index >= 15 is 0 Å². The van der Waals surface area contributed by atoms with Crippen LogP contribution in [0.2, 0.25) is 0 Å². The molecule has 310 valence electrons. The normalized spacial score (nSPS) is 13.6. The van der Waals surface area contributed by atoms with Gasteiger partial charge in [-0.3, -0.25) is 9.59 Å². The zero-order valence-electron chi connectivity index (χ0n) is 35.2. The van der Waals surface area contributed by atoms with E-state index < -0.39 is 18.1 Å². The van der Waals surface area contributed by atoms with Crippen molar-refractivity contribution in [2.75, 3.05) is 41.0 Å². The van der Waals surface area contributed by atoms with Crippen LogP contribution < -0.4 is 0 Å². The summed E-state index contributed by atoms with van der Waals surface area (Å²) in [4.78, 5) is 36.9. The van der Waals surface area contributed by atoms with Gasteiger partial charge in [0.2, 0.25) is 0 Å². The molecule has 0 aliphatic carbocycles. The van der Waals surface area contributed by atoms with Gasteiger partial charge in [-0.2, -0.15) is 0 Å². The minimum atomic E-state index is -0.883. The predicted molar refractivity (Wildman–Crippen MR) is 224 cm³/mol. The van der Waals surface area contributed by atoms with E-state index in [0.29, 0.717) is 19.3 Å². The summed E-state index contributed by atoms with van der Waals surface area (Å²) < 4.78 is 17.2. The van der Waals surface area contributed by atoms with Crippen molar-refractivity contribution in [3.8, 4) is 0 Å². The predicted octanol–water partition coefficient (Wildman–Crippen LogP) is 11.4. The third kappa shape index (κ3) is 34.8. The Balaban J connectivity index is 4.41. The number of esters is 2. The van der Waals surface area contributed by atoms with E-state index in [4.69, 9.17) is 14.2 Å². The van der Waals surface area contributed by atoms with Gasteiger partial charge in [0.1, 0.15) is 6.61 Å². The molecule has 0 bridgehead atoms. The molecule has 0 saturated carbocycles. The number of carboxylic acid groups (broad SMARTS) is 1. The molecule has 0 radical (unpaired) electrons. The molecule has 0 aromatic heterocycles. The second-order valence-electron chi connectivity index (χ2n) is 15.3. The minimum absolute atomic E-state index is 0.0460. The smallest absolute Gasteiger partial charge is 0.362 e. The molecule has 1 N–H and O–H groups in total. The van der Waals surface area contributed by atoms with Crippen molar-refractivity contribution in [1.82, 2.24) is 0 Å². The Kier molecular flexibility index (Phi) is 34.9. The van der Waals surface area contributed by atoms with Crippen LogP contribution >= 0.6 is 0 Å². The highest BCUT2D eigenvalue weighted by Crippen LogP contribution is 2.13. The van der Waals surface area contributed by atoms with E-state index in [1.807, 2.05) is 21.1 Å². The van der Waals surface area contributed by atoms with Gasteiger partial charge in [-0.25, -0.2) is 4.79 Å². The molecule has 0 fully saturated rings. The van der Waals surface area contributed by atoms with Gasteiger partial charge in [-0.05, 0) is 64.2 Å². The van der Waals surface area contributed by atoms with E-state index in [-0.39, 0.29) is 36.2 Å². The van der Waals surface area contributed by atoms with Gasteiger partial charge in [0.15, 0.2) is 12.1 Å². The second-order valence-corrected chi connectivity index (χ2v) is 15.3. The van der Waals surface area contributed by atoms with Gasteiger partial charge >= 0.3 is 17.9 Å². The van der Waals surface area contributed by atoms with E-state index in [1.54, 1.807) is 0 Å². The van der Waals surface area contributed by atoms with Crippen molar-refractivity contribution < 1.29 is 38.2 Å². The molecule has 0 heterocycles. The first-order chi connectivity index (χ1) is 26.1. The molecule has 0 saturated heterocycles. The number of nitrogens with zero attached hydrogens (tertiary/aromatic N) is 1. The number of rotatable bonds is 37. The molecule has 0 spiro atoms. The number of carboxylic acids is 1. The van der Waals surface area contributed by atoms with Crippen LogP contribution in [0.1, 0.15) is 162 Å². The summed E-state index contributed by atoms with van der Waals surface area (Å²) in [6.07, 6.45) is 44.0. The molecule has 54 heavy (non-hydrogen) atoms. The third-order valence-corrected chi connectivity index (χ3v) is 9.21. The van der Waals surface area contributed by atoms with Crippen LogP contribution in [-0.2, 0) is 28.6 Å². The summed E-state index contributed by atoms with van der Waals surface area (Å²) in [5.41, 5.74) is 0. The van der Waals surface area contributed by atoms with Crippen molar-refractivity contribution in [2.45, 2.75) is 174 Å². The fraction of sp³-hybridized carbons (Fsp3) is 0.717. The average molecular weight is 759 g/mol. The molecule has 8 heteroatoms. The fourth-order valence-corrected chi connectivity index (χ4v) is 5.89. The number of carbonyl (C=O) groups excluding carboxylic acids is 2. The van der Waals surface area contributed by atoms with E-state index in [0.717, 1.165) is 96.3 Å². The number of quaternary nitrogens is 1. The zero-order valence-corrected chi connectivity index (χ0v) is 35.2. The minimum Gasteiger partial charge on any atom is -0.477 e. The quantitative estimate of drug-likeness (QED) is 0.0221. The van der Waals surface area contributed by atoms with Crippen LogP contribution in [0.3, 0.4) is 0 Å². The third-order valence-electron chi connectivity index (χ3n) is 9.21. The maximum atomic E-state index is 12.7. The molecule has 2 unspecified atom stereocenters. The number of likely N-dealkylation sites (N-methyl/N-ethyl adjacent to an activating group) is 1. The Bertz CT molecular complexity index is 1070. The largest absolute Gasteiger partial charge is 0.477 e. The highest BCUT2D eigenvalue weighted by atomic mass is 16.6. The van der Waals surface area contributed by atoms with Crippen molar-refractivity contribution in [3.63, 3.8) is 0 Å². The van der Waals surface area contributed by atoms with Crippen LogP contribution in [0.4, 0.5) is 0 Å². The topological polar surface area (TPSA) is 99.1 Å². The van der Waals surface area contributed by atoms with Crippen LogP contribution in [0.25, 0.3) is 0 Å². The van der Waals surface area contributed by atoms with E-state index in [1.165, 1.54) is 32.1 Å². The molecule has 2 atom stereocenters. The summed E-state index contributed by atoms with van der Waals surface area (Å²) in [7, 11) is 5.50. The number of ether oxygens (including phenoxy) is 3. The number of allylic oxidation sites excluding steroid dienone is 10. The molecule has 0 aromatic carbocycles. The zero-order chi connectivity index (χ0) is 40.0. The second kappa shape index (κ2) is 37.0. The standard InChI is InChI=1S/C46H79NO7/c1-6-8-10-12-14-16-18-20-21-22-23-24-25-27-28-30-32-34-36-44(48)53-41-42(40-52-39-38-43(46(50)51)47(3,4)5)54-45(49)37-35-33-31-29-26-19-17-15-13-11-9-7-2/h9,11,15,17-18,20-24,42-43H,6-8,10,12-14,16,19,25-41H2,1-5H3/p+1/b11-9+,17-15+,20-18+,22-21+,24-23+. The maximum absolute atomic E-state index is 12.7. The monoisotopic (exact) mass is 759 g/mol. The molecule has 8 nitrogen and oxygen atoms in total. The van der Waals surface area contributed by atoms with Crippen molar-refractivity contribution in [3.05, 3.63) is 60.8 Å². The summed E-state index contributed by atoms with van der Waals surface area (Å²) >= 11 is 0. The van der Waals surface area contributed by atoms with Crippen LogP contribution in [0, 0.1) is 0 Å². The number of hydrogen-bond acceptors (Lipinski definition) is 6. The highest BCUT2D eigenvalue weighted by Gasteiger charge is 2.31. The SMILES string of the molecule is CC/C=C/C/C=C/CCCCCCCC(=O)OC(COCCC(C(=O)O)[N+](C)(C)C)COC(=O)CCCCCCC/C=C/C=C/C=C/CCCCCCC. The molecule has 0 aromatic rings. The fourth-order valence-electron chi connectivity index (χ4n) is 5.89. The Morgan fingerprint density at radius 1 is 0.593 bits per heavy atom. The molecule has 0 amide bonds. The summed E-state index contributed by atoms with van der Waals surface area (Å²) in [6.45, 7) is 4.56. The van der Waals surface area contributed by atoms with Crippen molar-refractivity contribution in [2.24, 2.45) is 0 Å². The Morgan fingerprint density at radius 2 is 1.11 bits per heavy atom. The van der Waals surface area contributed by atoms with Gasteiger partial charge in [-0.15, -0.1) is 0 Å². The summed E-state index contributed by atoms with van der Waals surface area (Å²) in [6, 6.07) is -0.622. The van der Waals surface area contributed by atoms with E-state index in [9.17, 15) is 19.5 Å². The van der Waals surface area contributed by atoms with Gasteiger partial charge in [0, 0.05) is 19.3 Å². The lowest BCUT2D eigenvalue weighted by Crippen LogP contribution is -2.50. The Labute approximate surface area is 330 Å². The first-order valence-corrected chi connectivity index (χ1v) is 21.4. The van der Waals surface area contributed by atoms with Gasteiger partial charge in [0.05, 0.1) is 34.4 Å². The van der Waals surface area contributed by atoms with Gasteiger partial charge < -0.3 is 23.8 Å². The average Bonchev–Trinajstić information content (AvgIpc) is 3.12.